The molecule has 0 aliphatic heterocycles. The average molecular weight is 386 g/mol. The van der Waals surface area contributed by atoms with Crippen LogP contribution >= 0.6 is 23.1 Å². The summed E-state index contributed by atoms with van der Waals surface area (Å²) in [5.74, 6) is 1.98. The molecule has 3 aromatic rings. The number of nitrogens with zero attached hydrogens (tertiary/aromatic N) is 4. The first-order valence-electron chi connectivity index (χ1n) is 8.92. The lowest BCUT2D eigenvalue weighted by molar-refractivity contribution is -0.113. The third-order valence-corrected chi connectivity index (χ3v) is 6.54. The van der Waals surface area contributed by atoms with Crippen LogP contribution in [0.3, 0.4) is 0 Å². The maximum absolute atomic E-state index is 12.4. The van der Waals surface area contributed by atoms with Gasteiger partial charge in [0.15, 0.2) is 10.3 Å². The molecule has 1 N–H and O–H groups in total. The van der Waals surface area contributed by atoms with Crippen LogP contribution in [0.5, 0.6) is 0 Å². The summed E-state index contributed by atoms with van der Waals surface area (Å²) in [6, 6.07) is 6.66. The van der Waals surface area contributed by atoms with Gasteiger partial charge >= 0.3 is 0 Å². The molecule has 2 aliphatic rings. The number of aryl methyl sites for hydroxylation is 1. The van der Waals surface area contributed by atoms with Gasteiger partial charge in [-0.3, -0.25) is 4.79 Å². The summed E-state index contributed by atoms with van der Waals surface area (Å²) < 4.78 is 3.37. The molecule has 8 heteroatoms. The number of benzene rings is 1. The molecule has 134 valence electrons. The lowest BCUT2D eigenvalue weighted by atomic mass is 10.2. The van der Waals surface area contributed by atoms with Crippen LogP contribution in [-0.4, -0.2) is 31.4 Å². The van der Waals surface area contributed by atoms with Crippen molar-refractivity contribution in [2.75, 3.05) is 11.1 Å². The van der Waals surface area contributed by atoms with E-state index < -0.39 is 0 Å². The summed E-state index contributed by atoms with van der Waals surface area (Å²) in [7, 11) is 0. The number of thioether (sulfide) groups is 1. The predicted molar refractivity (Wildman–Crippen MR) is 104 cm³/mol. The van der Waals surface area contributed by atoms with E-state index >= 15 is 0 Å². The SMILES string of the molecule is Cc1ccc2nc(NC(=O)CSc3nnc(C4CC4)n3C3CC3)sc2c1. The summed E-state index contributed by atoms with van der Waals surface area (Å²) in [5.41, 5.74) is 2.12. The van der Waals surface area contributed by atoms with Gasteiger partial charge in [0.2, 0.25) is 5.91 Å². The van der Waals surface area contributed by atoms with Crippen molar-refractivity contribution in [2.24, 2.45) is 0 Å². The number of rotatable bonds is 6. The molecule has 0 spiro atoms. The second-order valence-electron chi connectivity index (χ2n) is 7.04. The molecule has 2 aliphatic carbocycles. The number of fused-ring (bicyclic) bond motifs is 1. The van der Waals surface area contributed by atoms with Gasteiger partial charge in [-0.2, -0.15) is 0 Å². The Hall–Kier alpha value is -1.93. The van der Waals surface area contributed by atoms with Crippen molar-refractivity contribution in [2.45, 2.75) is 49.7 Å². The van der Waals surface area contributed by atoms with Crippen molar-refractivity contribution in [3.8, 4) is 0 Å². The van der Waals surface area contributed by atoms with Gasteiger partial charge in [0.25, 0.3) is 0 Å². The molecule has 0 radical (unpaired) electrons. The topological polar surface area (TPSA) is 72.7 Å². The number of amides is 1. The van der Waals surface area contributed by atoms with E-state index in [0.29, 0.717) is 22.8 Å². The van der Waals surface area contributed by atoms with Crippen molar-refractivity contribution in [1.82, 2.24) is 19.7 Å². The van der Waals surface area contributed by atoms with Crippen LogP contribution in [0, 0.1) is 6.92 Å². The molecule has 0 saturated heterocycles. The van der Waals surface area contributed by atoms with Crippen molar-refractivity contribution < 1.29 is 4.79 Å². The fraction of sp³-hybridized carbons (Fsp3) is 0.444. The quantitative estimate of drug-likeness (QED) is 0.646. The van der Waals surface area contributed by atoms with Crippen LogP contribution in [0.4, 0.5) is 5.13 Å². The maximum atomic E-state index is 12.4. The van der Waals surface area contributed by atoms with E-state index in [2.05, 4.69) is 38.1 Å². The summed E-state index contributed by atoms with van der Waals surface area (Å²) in [6.07, 6.45) is 4.82. The fourth-order valence-corrected chi connectivity index (χ4v) is 4.85. The number of nitrogens with one attached hydrogen (secondary N) is 1. The van der Waals surface area contributed by atoms with E-state index in [0.717, 1.165) is 21.2 Å². The van der Waals surface area contributed by atoms with Crippen LogP contribution < -0.4 is 5.32 Å². The molecule has 0 unspecified atom stereocenters. The zero-order chi connectivity index (χ0) is 17.7. The normalized spacial score (nSPS) is 17.0. The van der Waals surface area contributed by atoms with Crippen LogP contribution in [0.25, 0.3) is 10.2 Å². The molecule has 0 bridgehead atoms. The summed E-state index contributed by atoms with van der Waals surface area (Å²) >= 11 is 2.98. The third-order valence-electron chi connectivity index (χ3n) is 4.67. The number of carbonyl (C=O) groups is 1. The monoisotopic (exact) mass is 385 g/mol. The first-order chi connectivity index (χ1) is 12.7. The van der Waals surface area contributed by atoms with E-state index in [1.165, 1.54) is 54.3 Å². The molecule has 1 aromatic carbocycles. The zero-order valence-electron chi connectivity index (χ0n) is 14.4. The van der Waals surface area contributed by atoms with Gasteiger partial charge in [0, 0.05) is 12.0 Å². The number of carbonyl (C=O) groups excluding carboxylic acids is 1. The van der Waals surface area contributed by atoms with Crippen molar-refractivity contribution >= 4 is 44.4 Å². The summed E-state index contributed by atoms with van der Waals surface area (Å²) in [5, 5.41) is 13.2. The minimum Gasteiger partial charge on any atom is -0.303 e. The molecule has 2 fully saturated rings. The van der Waals surface area contributed by atoms with Crippen LogP contribution in [0.2, 0.25) is 0 Å². The summed E-state index contributed by atoms with van der Waals surface area (Å²) in [6.45, 7) is 2.06. The molecule has 26 heavy (non-hydrogen) atoms. The summed E-state index contributed by atoms with van der Waals surface area (Å²) in [4.78, 5) is 16.8. The Labute approximate surface area is 159 Å². The Morgan fingerprint density at radius 1 is 1.31 bits per heavy atom. The molecule has 2 saturated carbocycles. The minimum absolute atomic E-state index is 0.0518. The third kappa shape index (κ3) is 3.23. The molecule has 5 rings (SSSR count). The minimum atomic E-state index is -0.0518. The van der Waals surface area contributed by atoms with Crippen LogP contribution in [0.1, 0.15) is 49.0 Å². The molecule has 2 heterocycles. The van der Waals surface area contributed by atoms with E-state index in [9.17, 15) is 4.79 Å². The zero-order valence-corrected chi connectivity index (χ0v) is 16.1. The molecule has 6 nitrogen and oxygen atoms in total. The highest BCUT2D eigenvalue weighted by atomic mass is 32.2. The Kier molecular flexibility index (Phi) is 3.97. The number of aromatic nitrogens is 4. The fourth-order valence-electron chi connectivity index (χ4n) is 3.05. The van der Waals surface area contributed by atoms with Gasteiger partial charge < -0.3 is 9.88 Å². The van der Waals surface area contributed by atoms with Gasteiger partial charge in [0.1, 0.15) is 5.82 Å². The standard InChI is InChI=1S/C18H19N5OS2/c1-10-2-7-13-14(8-10)26-17(19-13)20-15(24)9-25-18-22-21-16(11-3-4-11)23(18)12-5-6-12/h2,7-8,11-12H,3-6,9H2,1H3,(H,19,20,24). The highest BCUT2D eigenvalue weighted by molar-refractivity contribution is 7.99. The predicted octanol–water partition coefficient (Wildman–Crippen LogP) is 4.14. The highest BCUT2D eigenvalue weighted by Crippen LogP contribution is 2.46. The Morgan fingerprint density at radius 2 is 2.15 bits per heavy atom. The second-order valence-corrected chi connectivity index (χ2v) is 9.02. The Balaban J connectivity index is 1.26. The Morgan fingerprint density at radius 3 is 2.92 bits per heavy atom. The number of anilines is 1. The van der Waals surface area contributed by atoms with Crippen molar-refractivity contribution in [3.05, 3.63) is 29.6 Å². The molecule has 2 aromatic heterocycles. The van der Waals surface area contributed by atoms with E-state index in [1.54, 1.807) is 0 Å². The number of thiazole rings is 1. The van der Waals surface area contributed by atoms with Crippen LogP contribution in [-0.2, 0) is 4.79 Å². The first kappa shape index (κ1) is 16.3. The molecule has 0 atom stereocenters. The lowest BCUT2D eigenvalue weighted by Crippen LogP contribution is -2.14. The van der Waals surface area contributed by atoms with Crippen molar-refractivity contribution in [1.29, 1.82) is 0 Å². The maximum Gasteiger partial charge on any atom is 0.236 e. The molecular weight excluding hydrogens is 366 g/mol. The van der Waals surface area contributed by atoms with E-state index in [4.69, 9.17) is 0 Å². The first-order valence-corrected chi connectivity index (χ1v) is 10.7. The average Bonchev–Trinajstić information content (AvgIpc) is 3.54. The van der Waals surface area contributed by atoms with Gasteiger partial charge in [0.05, 0.1) is 16.0 Å². The van der Waals surface area contributed by atoms with Crippen LogP contribution in [0.15, 0.2) is 23.4 Å². The largest absolute Gasteiger partial charge is 0.303 e. The Bertz CT molecular complexity index is 987. The van der Waals surface area contributed by atoms with Gasteiger partial charge in [-0.25, -0.2) is 4.98 Å². The van der Waals surface area contributed by atoms with Gasteiger partial charge in [-0.1, -0.05) is 29.2 Å². The molecular formula is C18H19N5OS2. The van der Waals surface area contributed by atoms with Gasteiger partial charge in [-0.15, -0.1) is 10.2 Å². The van der Waals surface area contributed by atoms with Gasteiger partial charge in [-0.05, 0) is 50.3 Å². The second kappa shape index (κ2) is 6.35. The smallest absolute Gasteiger partial charge is 0.236 e. The number of hydrogen-bond donors (Lipinski definition) is 1. The highest BCUT2D eigenvalue weighted by Gasteiger charge is 2.36. The molecule has 1 amide bonds. The van der Waals surface area contributed by atoms with E-state index in [1.807, 2.05) is 12.1 Å². The lowest BCUT2D eigenvalue weighted by Gasteiger charge is -2.07. The van der Waals surface area contributed by atoms with E-state index in [-0.39, 0.29) is 5.91 Å². The van der Waals surface area contributed by atoms with Crippen molar-refractivity contribution in [3.63, 3.8) is 0 Å². The number of hydrogen-bond acceptors (Lipinski definition) is 6.